The van der Waals surface area contributed by atoms with Crippen LogP contribution in [0.25, 0.3) is 0 Å². The molecule has 22 heavy (non-hydrogen) atoms. The number of benzene rings is 1. The minimum absolute atomic E-state index is 0. The van der Waals surface area contributed by atoms with E-state index in [9.17, 15) is 4.79 Å². The summed E-state index contributed by atoms with van der Waals surface area (Å²) in [4.78, 5) is 14.7. The van der Waals surface area contributed by atoms with Crippen LogP contribution in [0.4, 0.5) is 0 Å². The number of ether oxygens (including phenoxy) is 1. The van der Waals surface area contributed by atoms with Gasteiger partial charge in [-0.15, -0.1) is 12.4 Å². The van der Waals surface area contributed by atoms with E-state index >= 15 is 0 Å². The highest BCUT2D eigenvalue weighted by molar-refractivity contribution is 5.85. The molecule has 0 saturated carbocycles. The van der Waals surface area contributed by atoms with Crippen LogP contribution >= 0.6 is 12.4 Å². The number of aryl methyl sites for hydroxylation is 1. The summed E-state index contributed by atoms with van der Waals surface area (Å²) >= 11 is 0. The van der Waals surface area contributed by atoms with Gasteiger partial charge in [0.25, 0.3) is 0 Å². The van der Waals surface area contributed by atoms with E-state index < -0.39 is 0 Å². The van der Waals surface area contributed by atoms with E-state index in [-0.39, 0.29) is 30.5 Å². The first kappa shape index (κ1) is 17.3. The van der Waals surface area contributed by atoms with Crippen molar-refractivity contribution >= 4 is 18.3 Å². The first-order valence-electron chi connectivity index (χ1n) is 7.93. The van der Waals surface area contributed by atoms with E-state index in [0.29, 0.717) is 13.0 Å². The Bertz CT molecular complexity index is 503. The summed E-state index contributed by atoms with van der Waals surface area (Å²) in [5, 5.41) is 3.29. The molecule has 1 amide bonds. The zero-order valence-corrected chi connectivity index (χ0v) is 13.9. The Morgan fingerprint density at radius 1 is 1.41 bits per heavy atom. The molecule has 5 heteroatoms. The van der Waals surface area contributed by atoms with Crippen LogP contribution in [0.2, 0.25) is 0 Å². The molecule has 2 heterocycles. The van der Waals surface area contributed by atoms with Gasteiger partial charge in [-0.05, 0) is 30.9 Å². The van der Waals surface area contributed by atoms with Gasteiger partial charge >= 0.3 is 0 Å². The number of nitrogens with zero attached hydrogens (tertiary/aromatic N) is 1. The molecule has 2 aliphatic heterocycles. The molecule has 2 saturated heterocycles. The largest absolute Gasteiger partial charge is 0.375 e. The average molecular weight is 325 g/mol. The third-order valence-corrected chi connectivity index (χ3v) is 4.53. The first-order chi connectivity index (χ1) is 10.3. The van der Waals surface area contributed by atoms with E-state index in [1.807, 2.05) is 0 Å². The van der Waals surface area contributed by atoms with Gasteiger partial charge in [-0.2, -0.15) is 0 Å². The minimum atomic E-state index is 0. The predicted molar refractivity (Wildman–Crippen MR) is 89.3 cm³/mol. The van der Waals surface area contributed by atoms with Crippen LogP contribution in [-0.4, -0.2) is 43.2 Å². The summed E-state index contributed by atoms with van der Waals surface area (Å²) in [5.74, 6) is 0.231. The molecule has 1 N–H and O–H groups in total. The van der Waals surface area contributed by atoms with Crippen molar-refractivity contribution in [2.45, 2.75) is 38.3 Å². The standard InChI is InChI=1S/C17H24N2O2.ClH/c1-13-5-2-3-6-15(13)16-7-4-9-19(16)17(20)11-14-12-18-8-10-21-14;/h2-3,5-6,14,16,18H,4,7-12H2,1H3;1H. The molecule has 2 atom stereocenters. The number of rotatable bonds is 3. The van der Waals surface area contributed by atoms with Gasteiger partial charge in [0, 0.05) is 19.6 Å². The molecular weight excluding hydrogens is 300 g/mol. The first-order valence-corrected chi connectivity index (χ1v) is 7.93. The summed E-state index contributed by atoms with van der Waals surface area (Å²) in [6.45, 7) is 5.39. The molecule has 1 aromatic carbocycles. The van der Waals surface area contributed by atoms with Crippen LogP contribution in [0.5, 0.6) is 0 Å². The van der Waals surface area contributed by atoms with Crippen LogP contribution < -0.4 is 5.32 Å². The van der Waals surface area contributed by atoms with E-state index in [2.05, 4.69) is 41.4 Å². The van der Waals surface area contributed by atoms with Crippen molar-refractivity contribution in [2.75, 3.05) is 26.2 Å². The summed E-state index contributed by atoms with van der Waals surface area (Å²) in [6.07, 6.45) is 2.69. The summed E-state index contributed by atoms with van der Waals surface area (Å²) in [7, 11) is 0. The number of carbonyl (C=O) groups is 1. The van der Waals surface area contributed by atoms with Crippen molar-refractivity contribution in [3.05, 3.63) is 35.4 Å². The normalized spacial score (nSPS) is 24.9. The van der Waals surface area contributed by atoms with E-state index in [1.54, 1.807) is 0 Å². The minimum Gasteiger partial charge on any atom is -0.375 e. The third-order valence-electron chi connectivity index (χ3n) is 4.53. The average Bonchev–Trinajstić information content (AvgIpc) is 2.98. The number of carbonyl (C=O) groups excluding carboxylic acids is 1. The quantitative estimate of drug-likeness (QED) is 0.928. The predicted octanol–water partition coefficient (Wildman–Crippen LogP) is 2.46. The molecule has 3 rings (SSSR count). The van der Waals surface area contributed by atoms with Gasteiger partial charge in [0.2, 0.25) is 5.91 Å². The second-order valence-corrected chi connectivity index (χ2v) is 6.00. The maximum atomic E-state index is 12.6. The number of morpholine rings is 1. The highest BCUT2D eigenvalue weighted by atomic mass is 35.5. The molecule has 0 aliphatic carbocycles. The zero-order chi connectivity index (χ0) is 14.7. The van der Waals surface area contributed by atoms with Crippen LogP contribution in [0.3, 0.4) is 0 Å². The fraction of sp³-hybridized carbons (Fsp3) is 0.588. The van der Waals surface area contributed by atoms with Gasteiger partial charge in [0.1, 0.15) is 0 Å². The number of halogens is 1. The summed E-state index contributed by atoms with van der Waals surface area (Å²) in [5.41, 5.74) is 2.57. The Kier molecular flexibility index (Phi) is 6.24. The van der Waals surface area contributed by atoms with Gasteiger partial charge in [0.05, 0.1) is 25.2 Å². The lowest BCUT2D eigenvalue weighted by Crippen LogP contribution is -2.42. The smallest absolute Gasteiger partial charge is 0.225 e. The van der Waals surface area contributed by atoms with Crippen molar-refractivity contribution in [3.63, 3.8) is 0 Å². The summed E-state index contributed by atoms with van der Waals surface area (Å²) in [6, 6.07) is 8.66. The lowest BCUT2D eigenvalue weighted by atomic mass is 9.99. The second kappa shape index (κ2) is 7.95. The Morgan fingerprint density at radius 2 is 2.23 bits per heavy atom. The van der Waals surface area contributed by atoms with Crippen molar-refractivity contribution in [1.82, 2.24) is 10.2 Å². The lowest BCUT2D eigenvalue weighted by Gasteiger charge is -2.29. The van der Waals surface area contributed by atoms with Crippen molar-refractivity contribution in [3.8, 4) is 0 Å². The fourth-order valence-electron chi connectivity index (χ4n) is 3.41. The Morgan fingerprint density at radius 3 is 2.95 bits per heavy atom. The van der Waals surface area contributed by atoms with E-state index in [0.717, 1.165) is 32.5 Å². The number of amides is 1. The van der Waals surface area contributed by atoms with Gasteiger partial charge in [-0.1, -0.05) is 24.3 Å². The molecule has 0 radical (unpaired) electrons. The molecule has 0 bridgehead atoms. The molecule has 2 fully saturated rings. The molecular formula is C17H25ClN2O2. The molecule has 1 aromatic rings. The lowest BCUT2D eigenvalue weighted by molar-refractivity contribution is -0.135. The van der Waals surface area contributed by atoms with Crippen LogP contribution in [-0.2, 0) is 9.53 Å². The molecule has 0 spiro atoms. The van der Waals surface area contributed by atoms with Gasteiger partial charge in [0.15, 0.2) is 0 Å². The number of hydrogen-bond acceptors (Lipinski definition) is 3. The van der Waals surface area contributed by atoms with Crippen LogP contribution in [0.15, 0.2) is 24.3 Å². The highest BCUT2D eigenvalue weighted by Crippen LogP contribution is 2.34. The van der Waals surface area contributed by atoms with Crippen molar-refractivity contribution in [1.29, 1.82) is 0 Å². The highest BCUT2D eigenvalue weighted by Gasteiger charge is 2.32. The van der Waals surface area contributed by atoms with Crippen LogP contribution in [0.1, 0.15) is 36.4 Å². The Labute approximate surface area is 138 Å². The maximum Gasteiger partial charge on any atom is 0.225 e. The number of hydrogen-bond donors (Lipinski definition) is 1. The summed E-state index contributed by atoms with van der Waals surface area (Å²) < 4.78 is 5.66. The fourth-order valence-corrected chi connectivity index (χ4v) is 3.41. The zero-order valence-electron chi connectivity index (χ0n) is 13.1. The molecule has 4 nitrogen and oxygen atoms in total. The SMILES string of the molecule is Cc1ccccc1C1CCCN1C(=O)CC1CNCCO1.Cl. The van der Waals surface area contributed by atoms with E-state index in [4.69, 9.17) is 4.74 Å². The number of nitrogens with one attached hydrogen (secondary N) is 1. The maximum absolute atomic E-state index is 12.6. The Hall–Kier alpha value is -1.10. The van der Waals surface area contributed by atoms with Crippen molar-refractivity contribution < 1.29 is 9.53 Å². The number of likely N-dealkylation sites (tertiary alicyclic amines) is 1. The molecule has 0 aromatic heterocycles. The monoisotopic (exact) mass is 324 g/mol. The van der Waals surface area contributed by atoms with Crippen LogP contribution in [0, 0.1) is 6.92 Å². The Balaban J connectivity index is 0.00000176. The van der Waals surface area contributed by atoms with Crippen molar-refractivity contribution in [2.24, 2.45) is 0 Å². The molecule has 122 valence electrons. The third kappa shape index (κ3) is 3.80. The van der Waals surface area contributed by atoms with E-state index in [1.165, 1.54) is 11.1 Å². The topological polar surface area (TPSA) is 41.6 Å². The van der Waals surface area contributed by atoms with Gasteiger partial charge in [-0.3, -0.25) is 4.79 Å². The molecule has 2 unspecified atom stereocenters. The second-order valence-electron chi connectivity index (χ2n) is 6.00. The van der Waals surface area contributed by atoms with Gasteiger partial charge in [-0.25, -0.2) is 0 Å². The van der Waals surface area contributed by atoms with Gasteiger partial charge < -0.3 is 15.0 Å². The molecule has 2 aliphatic rings.